The van der Waals surface area contributed by atoms with Crippen LogP contribution < -0.4 is 0 Å². The number of halogens is 4. The molecule has 0 N–H and O–H groups in total. The highest BCUT2D eigenvalue weighted by molar-refractivity contribution is 9.11. The van der Waals surface area contributed by atoms with Crippen molar-refractivity contribution >= 4 is 88.0 Å². The third kappa shape index (κ3) is 17.1. The molecule has 4 aromatic rings. The minimum absolute atomic E-state index is 1.10. The van der Waals surface area contributed by atoms with Crippen LogP contribution in [0, 0.1) is 0 Å². The van der Waals surface area contributed by atoms with E-state index in [2.05, 4.69) is 103 Å². The molecule has 0 heterocycles. The summed E-state index contributed by atoms with van der Waals surface area (Å²) in [5, 5.41) is 0. The van der Waals surface area contributed by atoms with E-state index in [0.29, 0.717) is 0 Å². The quantitative estimate of drug-likeness (QED) is 0.182. The van der Waals surface area contributed by atoms with Crippen LogP contribution in [0.1, 0.15) is 22.3 Å². The fraction of sp³-hybridized carbons (Fsp3) is 0. The van der Waals surface area contributed by atoms with Crippen LogP contribution in [0.15, 0.2) is 154 Å². The Morgan fingerprint density at radius 3 is 0.553 bits per heavy atom. The number of rotatable bonds is 4. The summed E-state index contributed by atoms with van der Waals surface area (Å²) in [6, 6.07) is 32.1. The van der Waals surface area contributed by atoms with Gasteiger partial charge in [0, 0.05) is 17.9 Å². The Kier molecular flexibility index (Phi) is 21.0. The smallest absolute Gasteiger partial charge is 0.0175 e. The van der Waals surface area contributed by atoms with Crippen molar-refractivity contribution in [3.63, 3.8) is 0 Å². The second kappa shape index (κ2) is 22.5. The van der Waals surface area contributed by atoms with Gasteiger partial charge in [-0.2, -0.15) is 0 Å². The van der Waals surface area contributed by atoms with Gasteiger partial charge in [0.2, 0.25) is 0 Å². The van der Waals surface area contributed by atoms with Gasteiger partial charge in [-0.15, -0.1) is 13.2 Å². The lowest BCUT2D eigenvalue weighted by molar-refractivity contribution is 1.62. The lowest BCUT2D eigenvalue weighted by atomic mass is 10.2. The van der Waals surface area contributed by atoms with E-state index in [1.807, 2.05) is 121 Å². The molecule has 0 spiro atoms. The number of hydrogen-bond donors (Lipinski definition) is 0. The van der Waals surface area contributed by atoms with E-state index < -0.39 is 0 Å². The Morgan fingerprint density at radius 1 is 0.316 bits per heavy atom. The summed E-state index contributed by atoms with van der Waals surface area (Å²) >= 11 is 13.4. The predicted octanol–water partition coefficient (Wildman–Crippen LogP) is 13.2. The van der Waals surface area contributed by atoms with E-state index in [0.717, 1.165) is 40.1 Å². The van der Waals surface area contributed by atoms with Crippen LogP contribution in [0.3, 0.4) is 0 Å². The molecule has 0 atom stereocenters. The third-order valence-electron chi connectivity index (χ3n) is 4.42. The van der Waals surface area contributed by atoms with Crippen molar-refractivity contribution in [3.05, 3.63) is 177 Å². The second-order valence-electron chi connectivity index (χ2n) is 7.02. The van der Waals surface area contributed by atoms with E-state index >= 15 is 0 Å². The molecule has 0 aromatic heterocycles. The lowest BCUT2D eigenvalue weighted by Crippen LogP contribution is -1.67. The second-order valence-corrected chi connectivity index (χ2v) is 10.7. The summed E-state index contributed by atoms with van der Waals surface area (Å²) in [7, 11) is 0. The monoisotopic (exact) mass is 756 g/mol. The molecule has 0 nitrogen and oxygen atoms in total. The van der Waals surface area contributed by atoms with Crippen LogP contribution in [-0.4, -0.2) is 0 Å². The van der Waals surface area contributed by atoms with Crippen molar-refractivity contribution in [3.8, 4) is 0 Å². The molecule has 38 heavy (non-hydrogen) atoms. The van der Waals surface area contributed by atoms with Gasteiger partial charge in [0.05, 0.1) is 0 Å². The first-order valence-electron chi connectivity index (χ1n) is 11.3. The summed E-state index contributed by atoms with van der Waals surface area (Å²) in [6.07, 6.45) is 7.30. The minimum atomic E-state index is 1.10. The average Bonchev–Trinajstić information content (AvgIpc) is 2.97. The van der Waals surface area contributed by atoms with Crippen LogP contribution in [0.2, 0.25) is 0 Å². The van der Waals surface area contributed by atoms with E-state index in [1.54, 1.807) is 0 Å². The first-order valence-corrected chi connectivity index (χ1v) is 14.5. The van der Waals surface area contributed by atoms with Gasteiger partial charge in [0.25, 0.3) is 0 Å². The van der Waals surface area contributed by atoms with E-state index in [-0.39, 0.29) is 0 Å². The van der Waals surface area contributed by atoms with Gasteiger partial charge in [-0.25, -0.2) is 0 Å². The van der Waals surface area contributed by atoms with E-state index in [4.69, 9.17) is 0 Å². The molecule has 0 fully saturated rings. The summed E-state index contributed by atoms with van der Waals surface area (Å²) in [5.74, 6) is 0. The van der Waals surface area contributed by atoms with Crippen molar-refractivity contribution in [2.24, 2.45) is 0 Å². The van der Waals surface area contributed by atoms with Gasteiger partial charge in [-0.1, -0.05) is 163 Å². The maximum absolute atomic E-state index is 3.65. The Labute approximate surface area is 262 Å². The summed E-state index contributed by atoms with van der Waals surface area (Å²) in [6.45, 7) is 20.6. The summed E-state index contributed by atoms with van der Waals surface area (Å²) in [5.41, 5.74) is 4.60. The summed E-state index contributed by atoms with van der Waals surface area (Å²) in [4.78, 5) is 0. The van der Waals surface area contributed by atoms with Crippen LogP contribution >= 0.6 is 63.7 Å². The molecule has 0 unspecified atom stereocenters. The lowest BCUT2D eigenvalue weighted by Gasteiger charge is -1.90. The molecule has 196 valence electrons. The van der Waals surface area contributed by atoms with Crippen LogP contribution in [0.4, 0.5) is 0 Å². The van der Waals surface area contributed by atoms with E-state index in [1.165, 1.54) is 0 Å². The van der Waals surface area contributed by atoms with Gasteiger partial charge in [0.1, 0.15) is 0 Å². The van der Waals surface area contributed by atoms with Gasteiger partial charge in [-0.3, -0.25) is 0 Å². The summed E-state index contributed by atoms with van der Waals surface area (Å²) < 4.78 is 4.42. The Balaban J connectivity index is 0.000000470. The zero-order valence-corrected chi connectivity index (χ0v) is 27.6. The van der Waals surface area contributed by atoms with Crippen molar-refractivity contribution in [2.45, 2.75) is 0 Å². The highest BCUT2D eigenvalue weighted by Crippen LogP contribution is 2.12. The molecule has 0 radical (unpaired) electrons. The number of benzene rings is 4. The Bertz CT molecular complexity index is 1010. The third-order valence-corrected chi connectivity index (χ3v) is 6.54. The molecule has 4 aromatic carbocycles. The normalized spacial score (nSPS) is 8.63. The highest BCUT2D eigenvalue weighted by atomic mass is 79.9. The SMILES string of the molecule is C=C.C=Cc1ccc(Br)cc1.C=Cc1ccc(Br)cc1.C=Cc1ccc(Br)cc1.C=Cc1ccc(Br)cc1. The van der Waals surface area contributed by atoms with Crippen molar-refractivity contribution < 1.29 is 0 Å². The van der Waals surface area contributed by atoms with Gasteiger partial charge in [-0.05, 0) is 70.8 Å². The van der Waals surface area contributed by atoms with E-state index in [9.17, 15) is 0 Å². The average molecular weight is 760 g/mol. The van der Waals surface area contributed by atoms with Gasteiger partial charge >= 0.3 is 0 Å². The zero-order valence-electron chi connectivity index (χ0n) is 21.3. The maximum atomic E-state index is 3.65. The van der Waals surface area contributed by atoms with Crippen molar-refractivity contribution in [1.29, 1.82) is 0 Å². The predicted molar refractivity (Wildman–Crippen MR) is 188 cm³/mol. The van der Waals surface area contributed by atoms with Gasteiger partial charge < -0.3 is 0 Å². The van der Waals surface area contributed by atoms with Crippen LogP contribution in [0.5, 0.6) is 0 Å². The van der Waals surface area contributed by atoms with Crippen LogP contribution in [-0.2, 0) is 0 Å². The molecule has 0 saturated carbocycles. The standard InChI is InChI=1S/4C8H7Br.C2H4/c4*1-2-7-3-5-8(9)6-4-7;1-2/h4*2-6H,1H2;1-2H2. The first kappa shape index (κ1) is 35.5. The fourth-order valence-corrected chi connectivity index (χ4v) is 3.45. The molecular weight excluding hydrogens is 728 g/mol. The molecular formula is C34H32Br4. The fourth-order valence-electron chi connectivity index (χ4n) is 2.40. The van der Waals surface area contributed by atoms with Crippen molar-refractivity contribution in [1.82, 2.24) is 0 Å². The molecule has 0 saturated heterocycles. The molecule has 0 aliphatic carbocycles. The maximum Gasteiger partial charge on any atom is 0.0175 e. The van der Waals surface area contributed by atoms with Crippen molar-refractivity contribution in [2.75, 3.05) is 0 Å². The molecule has 0 aliphatic heterocycles. The molecule has 4 heteroatoms. The highest BCUT2D eigenvalue weighted by Gasteiger charge is 1.86. The first-order chi connectivity index (χ1) is 18.3. The molecule has 0 amide bonds. The van der Waals surface area contributed by atoms with Gasteiger partial charge in [0.15, 0.2) is 0 Å². The largest absolute Gasteiger partial charge is 0.106 e. The molecule has 0 aliphatic rings. The Morgan fingerprint density at radius 2 is 0.447 bits per heavy atom. The minimum Gasteiger partial charge on any atom is -0.106 e. The van der Waals surface area contributed by atoms with Crippen LogP contribution in [0.25, 0.3) is 24.3 Å². The molecule has 4 rings (SSSR count). The number of hydrogen-bond acceptors (Lipinski definition) is 0. The topological polar surface area (TPSA) is 0 Å². The Hall–Kier alpha value is -2.50. The zero-order chi connectivity index (χ0) is 28.8. The molecule has 0 bridgehead atoms.